The first-order valence-electron chi connectivity index (χ1n) is 30.9. The van der Waals surface area contributed by atoms with Crippen LogP contribution in [0.1, 0.15) is 144 Å². The molecule has 0 radical (unpaired) electrons. The molecule has 0 bridgehead atoms. The molecule has 6 aromatic carbocycles. The van der Waals surface area contributed by atoms with E-state index in [1.54, 1.807) is 31.2 Å². The number of methoxy groups -OCH3 is 3. The Morgan fingerprint density at radius 1 is 0.406 bits per heavy atom. The highest BCUT2D eigenvalue weighted by molar-refractivity contribution is 7.91. The maximum Gasteiger partial charge on any atom is 0.264 e. The molecule has 30 heteroatoms. The van der Waals surface area contributed by atoms with Gasteiger partial charge < -0.3 is 44.4 Å². The van der Waals surface area contributed by atoms with Crippen LogP contribution in [0.2, 0.25) is 0 Å². The zero-order chi connectivity index (χ0) is 74.5. The summed E-state index contributed by atoms with van der Waals surface area (Å²) < 4.78 is 136. The predicted octanol–water partition coefficient (Wildman–Crippen LogP) is 7.30. The molecule has 0 spiro atoms. The van der Waals surface area contributed by atoms with Crippen molar-refractivity contribution >= 4 is 99.7 Å². The van der Waals surface area contributed by atoms with Crippen LogP contribution >= 0.6 is 0 Å². The van der Waals surface area contributed by atoms with Crippen LogP contribution < -0.4 is 44.4 Å². The van der Waals surface area contributed by atoms with Crippen LogP contribution in [0.25, 0.3) is 0 Å². The topological polar surface area (TPSA) is 357 Å². The third-order valence-corrected chi connectivity index (χ3v) is 17.3. The second-order valence-corrected chi connectivity index (χ2v) is 28.3. The number of fused-ring (bicyclic) bond motifs is 3. The van der Waals surface area contributed by atoms with Gasteiger partial charge in [0.2, 0.25) is 17.7 Å². The van der Waals surface area contributed by atoms with E-state index in [2.05, 4.69) is 16.0 Å². The standard InChI is InChI=1S/3C22H24N2O7S/c3*1-5-31-19-11-14(9-10-18(19)30-3)17(12-32(4,28)29)24-21(26)15-7-6-8-16(23-13(2)25)20(15)22(24)27/h3*6-11,17H,5,12H2,1-4H3,(H,23,25)/i2*5D2;. The van der Waals surface area contributed by atoms with Crippen molar-refractivity contribution in [3.8, 4) is 34.5 Å². The van der Waals surface area contributed by atoms with E-state index >= 15 is 0 Å². The summed E-state index contributed by atoms with van der Waals surface area (Å²) in [5.74, 6) is -6.10. The molecular weight excluding hydrogens is 1310 g/mol. The normalized spacial score (nSPS) is 15.1. The molecule has 3 heterocycles. The van der Waals surface area contributed by atoms with Crippen LogP contribution in [-0.2, 0) is 43.9 Å². The molecule has 0 aromatic heterocycles. The Morgan fingerprint density at radius 3 is 0.885 bits per heavy atom. The molecule has 0 fully saturated rings. The highest BCUT2D eigenvalue weighted by Gasteiger charge is 2.47. The molecular formula is C66H72N6O21S3. The number of sulfone groups is 3. The fourth-order valence-corrected chi connectivity index (χ4v) is 13.6. The molecule has 27 nitrogen and oxygen atoms in total. The number of anilines is 3. The fourth-order valence-electron chi connectivity index (χ4n) is 10.8. The maximum atomic E-state index is 13.4. The molecule has 9 rings (SSSR count). The Bertz CT molecular complexity index is 4460. The minimum atomic E-state index is -3.70. The predicted molar refractivity (Wildman–Crippen MR) is 354 cm³/mol. The van der Waals surface area contributed by atoms with Gasteiger partial charge in [-0.3, -0.25) is 57.9 Å². The van der Waals surface area contributed by atoms with Gasteiger partial charge in [0.1, 0.15) is 29.5 Å². The average Bonchev–Trinajstić information content (AvgIpc) is 1.61. The number of benzene rings is 6. The van der Waals surface area contributed by atoms with E-state index in [0.717, 1.165) is 33.5 Å². The zero-order valence-electron chi connectivity index (χ0n) is 58.1. The second kappa shape index (κ2) is 30.5. The molecule has 0 saturated carbocycles. The third-order valence-electron chi connectivity index (χ3n) is 14.5. The van der Waals surface area contributed by atoms with Crippen LogP contribution in [0.4, 0.5) is 17.1 Å². The van der Waals surface area contributed by atoms with Crippen LogP contribution in [0, 0.1) is 0 Å². The molecule has 3 aliphatic rings. The smallest absolute Gasteiger partial charge is 0.264 e. The van der Waals surface area contributed by atoms with Crippen molar-refractivity contribution in [1.82, 2.24) is 14.7 Å². The van der Waals surface area contributed by atoms with Crippen molar-refractivity contribution in [2.75, 3.05) is 93.0 Å². The molecule has 3 aliphatic heterocycles. The van der Waals surface area contributed by atoms with Gasteiger partial charge in [-0.05, 0) is 110 Å². The van der Waals surface area contributed by atoms with Crippen LogP contribution in [0.15, 0.2) is 109 Å². The first kappa shape index (κ1) is 67.2. The highest BCUT2D eigenvalue weighted by Crippen LogP contribution is 2.43. The van der Waals surface area contributed by atoms with E-state index in [1.165, 1.54) is 141 Å². The van der Waals surface area contributed by atoms with Crippen molar-refractivity contribution in [1.29, 1.82) is 0 Å². The van der Waals surface area contributed by atoms with E-state index in [-0.39, 0.29) is 84.6 Å². The van der Waals surface area contributed by atoms with Gasteiger partial charge in [0.25, 0.3) is 35.4 Å². The summed E-state index contributed by atoms with van der Waals surface area (Å²) in [7, 11) is -6.81. The minimum absolute atomic E-state index is 0.0263. The number of carbonyl (C=O) groups excluding carboxylic acids is 9. The third kappa shape index (κ3) is 16.8. The monoisotopic (exact) mass is 1380 g/mol. The lowest BCUT2D eigenvalue weighted by Crippen LogP contribution is -2.37. The quantitative estimate of drug-likeness (QED) is 0.0500. The van der Waals surface area contributed by atoms with Crippen LogP contribution in [0.3, 0.4) is 0 Å². The molecule has 6 aromatic rings. The molecule has 9 amide bonds. The molecule has 0 aliphatic carbocycles. The number of rotatable bonds is 24. The van der Waals surface area contributed by atoms with Gasteiger partial charge in [0.15, 0.2) is 34.5 Å². The van der Waals surface area contributed by atoms with Crippen molar-refractivity contribution in [3.05, 3.63) is 159 Å². The summed E-state index contributed by atoms with van der Waals surface area (Å²) in [4.78, 5) is 117. The number of imide groups is 3. The molecule has 0 saturated heterocycles. The van der Waals surface area contributed by atoms with Crippen molar-refractivity contribution in [3.63, 3.8) is 0 Å². The summed E-state index contributed by atoms with van der Waals surface area (Å²) >= 11 is 0. The van der Waals surface area contributed by atoms with Gasteiger partial charge in [-0.1, -0.05) is 36.4 Å². The van der Waals surface area contributed by atoms with Crippen LogP contribution in [0.5, 0.6) is 34.5 Å². The Labute approximate surface area is 560 Å². The Morgan fingerprint density at radius 2 is 0.667 bits per heavy atom. The van der Waals surface area contributed by atoms with E-state index in [4.69, 9.17) is 33.9 Å². The maximum absolute atomic E-state index is 13.4. The number of ether oxygens (including phenoxy) is 6. The van der Waals surface area contributed by atoms with Crippen molar-refractivity contribution in [2.45, 2.75) is 59.7 Å². The number of carbonyl (C=O) groups is 9. The van der Waals surface area contributed by atoms with Crippen molar-refractivity contribution < 1.29 is 102 Å². The second-order valence-electron chi connectivity index (χ2n) is 21.8. The molecule has 3 unspecified atom stereocenters. The lowest BCUT2D eigenvalue weighted by Gasteiger charge is -2.27. The molecule has 3 atom stereocenters. The van der Waals surface area contributed by atoms with E-state index in [0.29, 0.717) is 23.7 Å². The molecule has 96 heavy (non-hydrogen) atoms. The number of nitrogens with one attached hydrogen (secondary N) is 3. The Hall–Kier alpha value is -10.2. The SMILES string of the molecule is CCOc1cc(C(CS(C)(=O)=O)N2C(=O)c3cccc(NC(C)=O)c3C2=O)ccc1OC.[2H]C([2H])(C)Oc1cc(C(CS(C)(=O)=O)N2C(=O)c3cccc(NC(C)=O)c3C2=O)ccc1OC.[2H]C([2H])(C)Oc1cc(C(CS(C)(=O)=O)N2C(=O)c3cccc(NC(C)=O)c3C2=O)ccc1OC. The summed E-state index contributed by atoms with van der Waals surface area (Å²) in [6.07, 6.45) is 2.99. The van der Waals surface area contributed by atoms with Crippen molar-refractivity contribution in [2.24, 2.45) is 0 Å². The van der Waals surface area contributed by atoms with Gasteiger partial charge in [-0.15, -0.1) is 0 Å². The highest BCUT2D eigenvalue weighted by atomic mass is 32.2. The molecule has 510 valence electrons. The largest absolute Gasteiger partial charge is 0.493 e. The number of hydrogen-bond acceptors (Lipinski definition) is 21. The first-order chi connectivity index (χ1) is 46.5. The minimum Gasteiger partial charge on any atom is -0.493 e. The summed E-state index contributed by atoms with van der Waals surface area (Å²) in [6.45, 7) is 4.13. The summed E-state index contributed by atoms with van der Waals surface area (Å²) in [5.41, 5.74) is 1.45. The van der Waals surface area contributed by atoms with Crippen LogP contribution in [-0.4, -0.2) is 170 Å². The van der Waals surface area contributed by atoms with Gasteiger partial charge in [0.05, 0.1) is 132 Å². The van der Waals surface area contributed by atoms with Gasteiger partial charge >= 0.3 is 0 Å². The Balaban J connectivity index is 0.000000211. The van der Waals surface area contributed by atoms with E-state index in [9.17, 15) is 68.4 Å². The summed E-state index contributed by atoms with van der Waals surface area (Å²) in [6, 6.07) is 23.0. The first-order valence-corrected chi connectivity index (χ1v) is 35.1. The number of hydrogen-bond donors (Lipinski definition) is 3. The Kier molecular flexibility index (Phi) is 21.3. The van der Waals surface area contributed by atoms with E-state index < -0.39 is 131 Å². The average molecular weight is 1390 g/mol. The lowest BCUT2D eigenvalue weighted by atomic mass is 10.1. The van der Waals surface area contributed by atoms with Gasteiger partial charge in [-0.2, -0.15) is 0 Å². The summed E-state index contributed by atoms with van der Waals surface area (Å²) in [5, 5.41) is 7.59. The van der Waals surface area contributed by atoms with E-state index in [1.807, 2.05) is 0 Å². The fraction of sp³-hybridized carbons (Fsp3) is 0.318. The lowest BCUT2D eigenvalue weighted by molar-refractivity contribution is -0.115. The zero-order valence-corrected chi connectivity index (χ0v) is 56.5. The van der Waals surface area contributed by atoms with Gasteiger partial charge in [-0.25, -0.2) is 25.3 Å². The number of amides is 9. The number of nitrogens with zero attached hydrogens (tertiary/aromatic N) is 3. The molecule has 3 N–H and O–H groups in total. The van der Waals surface area contributed by atoms with Gasteiger partial charge in [0, 0.05) is 39.5 Å².